The largest absolute Gasteiger partial charge is 0.380 e. The van der Waals surface area contributed by atoms with Crippen LogP contribution in [0.5, 0.6) is 0 Å². The van der Waals surface area contributed by atoms with Gasteiger partial charge in [0, 0.05) is 25.8 Å². The SMILES string of the molecule is CCCCNC(=NCc1ccc(F)c(COC)c1)NCC. The number of aliphatic imine (C=N–C) groups is 1. The van der Waals surface area contributed by atoms with Crippen LogP contribution in [-0.4, -0.2) is 26.2 Å². The maximum Gasteiger partial charge on any atom is 0.191 e. The summed E-state index contributed by atoms with van der Waals surface area (Å²) in [4.78, 5) is 4.52. The molecule has 1 aromatic rings. The molecular weight excluding hydrogens is 269 g/mol. The Kier molecular flexibility index (Phi) is 8.43. The Morgan fingerprint density at radius 2 is 2.10 bits per heavy atom. The molecule has 21 heavy (non-hydrogen) atoms. The van der Waals surface area contributed by atoms with Gasteiger partial charge in [0.15, 0.2) is 5.96 Å². The van der Waals surface area contributed by atoms with Crippen molar-refractivity contribution in [2.24, 2.45) is 4.99 Å². The number of hydrogen-bond acceptors (Lipinski definition) is 2. The van der Waals surface area contributed by atoms with Crippen LogP contribution < -0.4 is 10.6 Å². The minimum Gasteiger partial charge on any atom is -0.380 e. The maximum atomic E-state index is 13.5. The van der Waals surface area contributed by atoms with Gasteiger partial charge in [-0.3, -0.25) is 0 Å². The average molecular weight is 295 g/mol. The first kappa shape index (κ1) is 17.4. The van der Waals surface area contributed by atoms with Gasteiger partial charge in [-0.15, -0.1) is 0 Å². The summed E-state index contributed by atoms with van der Waals surface area (Å²) in [5, 5.41) is 6.49. The first-order valence-corrected chi connectivity index (χ1v) is 7.49. The van der Waals surface area contributed by atoms with Gasteiger partial charge < -0.3 is 15.4 Å². The average Bonchev–Trinajstić information content (AvgIpc) is 2.48. The van der Waals surface area contributed by atoms with E-state index >= 15 is 0 Å². The van der Waals surface area contributed by atoms with E-state index in [0.717, 1.165) is 37.5 Å². The first-order chi connectivity index (χ1) is 10.2. The smallest absolute Gasteiger partial charge is 0.191 e. The molecule has 0 unspecified atom stereocenters. The molecule has 1 rings (SSSR count). The van der Waals surface area contributed by atoms with Gasteiger partial charge in [-0.2, -0.15) is 0 Å². The zero-order valence-electron chi connectivity index (χ0n) is 13.2. The summed E-state index contributed by atoms with van der Waals surface area (Å²) in [6, 6.07) is 5.03. The number of methoxy groups -OCH3 is 1. The second kappa shape index (κ2) is 10.2. The minimum absolute atomic E-state index is 0.238. The molecule has 0 radical (unpaired) electrons. The molecule has 0 aliphatic heterocycles. The Bertz CT molecular complexity index is 449. The van der Waals surface area contributed by atoms with Gasteiger partial charge >= 0.3 is 0 Å². The Morgan fingerprint density at radius 3 is 2.76 bits per heavy atom. The van der Waals surface area contributed by atoms with Crippen LogP contribution in [0.15, 0.2) is 23.2 Å². The van der Waals surface area contributed by atoms with Crippen LogP contribution in [0.3, 0.4) is 0 Å². The fourth-order valence-corrected chi connectivity index (χ4v) is 1.89. The summed E-state index contributed by atoms with van der Waals surface area (Å²) in [5.41, 5.74) is 1.53. The minimum atomic E-state index is -0.238. The van der Waals surface area contributed by atoms with Gasteiger partial charge in [0.2, 0.25) is 0 Å². The Hall–Kier alpha value is -1.62. The van der Waals surface area contributed by atoms with Gasteiger partial charge in [-0.25, -0.2) is 9.38 Å². The fourth-order valence-electron chi connectivity index (χ4n) is 1.89. The van der Waals surface area contributed by atoms with E-state index in [1.54, 1.807) is 19.2 Å². The lowest BCUT2D eigenvalue weighted by Gasteiger charge is -2.11. The van der Waals surface area contributed by atoms with Crippen molar-refractivity contribution in [1.29, 1.82) is 0 Å². The summed E-state index contributed by atoms with van der Waals surface area (Å²) >= 11 is 0. The maximum absolute atomic E-state index is 13.5. The molecule has 0 bridgehead atoms. The van der Waals surface area contributed by atoms with Crippen LogP contribution in [0.4, 0.5) is 4.39 Å². The van der Waals surface area contributed by atoms with Gasteiger partial charge in [-0.05, 0) is 31.0 Å². The predicted molar refractivity (Wildman–Crippen MR) is 84.8 cm³/mol. The standard InChI is InChI=1S/C16H26FN3O/c1-4-6-9-19-16(18-5-2)20-11-13-7-8-15(17)14(10-13)12-21-3/h7-8,10H,4-6,9,11-12H2,1-3H3,(H2,18,19,20). The third kappa shape index (κ3) is 6.58. The van der Waals surface area contributed by atoms with E-state index in [-0.39, 0.29) is 12.4 Å². The highest BCUT2D eigenvalue weighted by molar-refractivity contribution is 5.79. The van der Waals surface area contributed by atoms with E-state index in [1.165, 1.54) is 6.07 Å². The van der Waals surface area contributed by atoms with Gasteiger partial charge in [0.1, 0.15) is 5.82 Å². The molecule has 0 aromatic heterocycles. The van der Waals surface area contributed by atoms with Crippen LogP contribution in [-0.2, 0) is 17.9 Å². The number of nitrogens with zero attached hydrogens (tertiary/aromatic N) is 1. The molecule has 2 N–H and O–H groups in total. The predicted octanol–water partition coefficient (Wildman–Crippen LogP) is 2.83. The van der Waals surface area contributed by atoms with Gasteiger partial charge in [0.05, 0.1) is 13.2 Å². The topological polar surface area (TPSA) is 45.7 Å². The highest BCUT2D eigenvalue weighted by Crippen LogP contribution is 2.12. The highest BCUT2D eigenvalue weighted by Gasteiger charge is 2.03. The van der Waals surface area contributed by atoms with Crippen molar-refractivity contribution >= 4 is 5.96 Å². The van der Waals surface area contributed by atoms with Crippen molar-refractivity contribution in [2.45, 2.75) is 39.8 Å². The van der Waals surface area contributed by atoms with Crippen molar-refractivity contribution in [3.05, 3.63) is 35.1 Å². The molecule has 0 heterocycles. The summed E-state index contributed by atoms with van der Waals surface area (Å²) in [6.07, 6.45) is 2.25. The second-order valence-corrected chi connectivity index (χ2v) is 4.83. The molecule has 5 heteroatoms. The van der Waals surface area contributed by atoms with E-state index < -0.39 is 0 Å². The van der Waals surface area contributed by atoms with Crippen molar-refractivity contribution in [3.63, 3.8) is 0 Å². The Balaban J connectivity index is 2.67. The molecule has 118 valence electrons. The molecule has 0 atom stereocenters. The van der Waals surface area contributed by atoms with E-state index in [0.29, 0.717) is 12.1 Å². The first-order valence-electron chi connectivity index (χ1n) is 7.49. The third-order valence-electron chi connectivity index (χ3n) is 3.00. The number of benzene rings is 1. The van der Waals surface area contributed by atoms with Crippen molar-refractivity contribution < 1.29 is 9.13 Å². The summed E-state index contributed by atoms with van der Waals surface area (Å²) in [7, 11) is 1.56. The Morgan fingerprint density at radius 1 is 1.29 bits per heavy atom. The highest BCUT2D eigenvalue weighted by atomic mass is 19.1. The van der Waals surface area contributed by atoms with Crippen molar-refractivity contribution in [3.8, 4) is 0 Å². The van der Waals surface area contributed by atoms with Crippen LogP contribution >= 0.6 is 0 Å². The number of rotatable bonds is 8. The van der Waals surface area contributed by atoms with Crippen molar-refractivity contribution in [1.82, 2.24) is 10.6 Å². The van der Waals surface area contributed by atoms with E-state index in [1.807, 2.05) is 6.92 Å². The van der Waals surface area contributed by atoms with Crippen LogP contribution in [0.1, 0.15) is 37.8 Å². The fraction of sp³-hybridized carbons (Fsp3) is 0.562. The molecule has 0 spiro atoms. The zero-order valence-corrected chi connectivity index (χ0v) is 13.2. The van der Waals surface area contributed by atoms with Crippen LogP contribution in [0, 0.1) is 5.82 Å². The molecule has 0 aliphatic rings. The number of unbranched alkanes of at least 4 members (excludes halogenated alkanes) is 1. The molecule has 0 amide bonds. The van der Waals surface area contributed by atoms with E-state index in [2.05, 4.69) is 22.5 Å². The quantitative estimate of drug-likeness (QED) is 0.440. The van der Waals surface area contributed by atoms with Crippen LogP contribution in [0.25, 0.3) is 0 Å². The number of guanidine groups is 1. The van der Waals surface area contributed by atoms with E-state index in [9.17, 15) is 4.39 Å². The molecular formula is C16H26FN3O. The lowest BCUT2D eigenvalue weighted by Crippen LogP contribution is -2.37. The molecule has 0 aliphatic carbocycles. The Labute approximate surface area is 126 Å². The van der Waals surface area contributed by atoms with Gasteiger partial charge in [-0.1, -0.05) is 19.4 Å². The molecule has 1 aromatic carbocycles. The number of hydrogen-bond donors (Lipinski definition) is 2. The monoisotopic (exact) mass is 295 g/mol. The van der Waals surface area contributed by atoms with Gasteiger partial charge in [0.25, 0.3) is 0 Å². The third-order valence-corrected chi connectivity index (χ3v) is 3.00. The number of nitrogens with one attached hydrogen (secondary N) is 2. The number of halogens is 1. The van der Waals surface area contributed by atoms with E-state index in [4.69, 9.17) is 4.74 Å². The second-order valence-electron chi connectivity index (χ2n) is 4.83. The van der Waals surface area contributed by atoms with Crippen LogP contribution in [0.2, 0.25) is 0 Å². The molecule has 0 saturated carbocycles. The summed E-state index contributed by atoms with van der Waals surface area (Å²) in [6.45, 7) is 6.70. The molecule has 4 nitrogen and oxygen atoms in total. The summed E-state index contributed by atoms with van der Waals surface area (Å²) < 4.78 is 18.5. The summed E-state index contributed by atoms with van der Waals surface area (Å²) in [5.74, 6) is 0.557. The molecule has 0 saturated heterocycles. The normalized spacial score (nSPS) is 11.5. The lowest BCUT2D eigenvalue weighted by atomic mass is 10.1. The number of ether oxygens (including phenoxy) is 1. The lowest BCUT2D eigenvalue weighted by molar-refractivity contribution is 0.181. The zero-order chi connectivity index (χ0) is 15.5. The molecule has 0 fully saturated rings. The van der Waals surface area contributed by atoms with Crippen molar-refractivity contribution in [2.75, 3.05) is 20.2 Å².